The van der Waals surface area contributed by atoms with E-state index in [2.05, 4.69) is 11.6 Å². The lowest BCUT2D eigenvalue weighted by molar-refractivity contribution is 0.0675. The molecule has 1 heterocycles. The number of nitrogens with two attached hydrogens (primary N) is 1. The average molecular weight is 155 g/mol. The van der Waals surface area contributed by atoms with Gasteiger partial charge in [-0.25, -0.2) is 4.99 Å². The van der Waals surface area contributed by atoms with E-state index in [1.165, 1.54) is 6.20 Å². The van der Waals surface area contributed by atoms with E-state index in [1.54, 1.807) is 0 Å². The molecule has 1 fully saturated rings. The molecular formula is C7H13N3O. The molecule has 2 N–H and O–H groups in total. The highest BCUT2D eigenvalue weighted by Crippen LogP contribution is 1.95. The van der Waals surface area contributed by atoms with Crippen molar-refractivity contribution in [1.29, 1.82) is 0 Å². The van der Waals surface area contributed by atoms with Gasteiger partial charge in [0.25, 0.3) is 0 Å². The fourth-order valence-corrected chi connectivity index (χ4v) is 0.968. The van der Waals surface area contributed by atoms with E-state index in [9.17, 15) is 0 Å². The standard InChI is InChI=1S/C7H13N3O/c1-2-9-7(8)10-3-5-11-6-4-10/h2H,1,3-6H2,(H2,8,9). The molecule has 0 radical (unpaired) electrons. The Morgan fingerprint density at radius 2 is 2.18 bits per heavy atom. The number of hydrogen-bond acceptors (Lipinski definition) is 2. The summed E-state index contributed by atoms with van der Waals surface area (Å²) >= 11 is 0. The summed E-state index contributed by atoms with van der Waals surface area (Å²) in [5.41, 5.74) is 5.61. The second-order valence-electron chi connectivity index (χ2n) is 2.27. The van der Waals surface area contributed by atoms with Crippen molar-refractivity contribution in [2.45, 2.75) is 0 Å². The van der Waals surface area contributed by atoms with Crippen molar-refractivity contribution in [1.82, 2.24) is 4.90 Å². The van der Waals surface area contributed by atoms with Crippen LogP contribution in [0.3, 0.4) is 0 Å². The summed E-state index contributed by atoms with van der Waals surface area (Å²) in [6, 6.07) is 0. The minimum absolute atomic E-state index is 0.531. The molecule has 0 aliphatic carbocycles. The molecule has 0 aromatic carbocycles. The molecule has 4 heteroatoms. The van der Waals surface area contributed by atoms with Crippen molar-refractivity contribution in [3.05, 3.63) is 12.8 Å². The summed E-state index contributed by atoms with van der Waals surface area (Å²) in [7, 11) is 0. The third-order valence-electron chi connectivity index (χ3n) is 1.56. The Hall–Kier alpha value is -1.03. The number of nitrogens with zero attached hydrogens (tertiary/aromatic N) is 2. The predicted molar refractivity (Wildman–Crippen MR) is 44.2 cm³/mol. The van der Waals surface area contributed by atoms with E-state index in [4.69, 9.17) is 10.5 Å². The Kier molecular flexibility index (Phi) is 2.92. The molecule has 0 saturated carbocycles. The smallest absolute Gasteiger partial charge is 0.196 e. The number of hydrogen-bond donors (Lipinski definition) is 1. The van der Waals surface area contributed by atoms with Gasteiger partial charge in [0.05, 0.1) is 13.2 Å². The zero-order chi connectivity index (χ0) is 8.10. The predicted octanol–water partition coefficient (Wildman–Crippen LogP) is -0.223. The summed E-state index contributed by atoms with van der Waals surface area (Å²) in [6.07, 6.45) is 1.45. The molecule has 1 saturated heterocycles. The van der Waals surface area contributed by atoms with Crippen LogP contribution < -0.4 is 5.73 Å². The molecule has 0 atom stereocenters. The van der Waals surface area contributed by atoms with Crippen LogP contribution in [0.15, 0.2) is 17.8 Å². The molecule has 1 aliphatic rings. The molecular weight excluding hydrogens is 142 g/mol. The minimum Gasteiger partial charge on any atom is -0.378 e. The Bertz CT molecular complexity index is 161. The average Bonchev–Trinajstić information content (AvgIpc) is 2.07. The van der Waals surface area contributed by atoms with E-state index < -0.39 is 0 Å². The molecule has 11 heavy (non-hydrogen) atoms. The molecule has 0 bridgehead atoms. The van der Waals surface area contributed by atoms with Crippen LogP contribution in [-0.4, -0.2) is 37.2 Å². The topological polar surface area (TPSA) is 50.8 Å². The summed E-state index contributed by atoms with van der Waals surface area (Å²) in [4.78, 5) is 5.85. The molecule has 0 aromatic rings. The monoisotopic (exact) mass is 155 g/mol. The summed E-state index contributed by atoms with van der Waals surface area (Å²) < 4.78 is 5.15. The van der Waals surface area contributed by atoms with Crippen LogP contribution in [0.1, 0.15) is 0 Å². The Balaban J connectivity index is 2.44. The van der Waals surface area contributed by atoms with Gasteiger partial charge in [-0.1, -0.05) is 6.58 Å². The lowest BCUT2D eigenvalue weighted by Gasteiger charge is -2.27. The molecule has 0 aromatic heterocycles. The van der Waals surface area contributed by atoms with Crippen molar-refractivity contribution < 1.29 is 4.74 Å². The van der Waals surface area contributed by atoms with E-state index in [1.807, 2.05) is 4.90 Å². The first-order valence-electron chi connectivity index (χ1n) is 3.61. The van der Waals surface area contributed by atoms with Crippen molar-refractivity contribution in [3.8, 4) is 0 Å². The van der Waals surface area contributed by atoms with E-state index in [-0.39, 0.29) is 0 Å². The summed E-state index contributed by atoms with van der Waals surface area (Å²) in [5, 5.41) is 0. The maximum absolute atomic E-state index is 5.61. The van der Waals surface area contributed by atoms with E-state index >= 15 is 0 Å². The van der Waals surface area contributed by atoms with Gasteiger partial charge in [0.15, 0.2) is 5.96 Å². The SMILES string of the molecule is C=CN=C(N)N1CCOCC1. The summed E-state index contributed by atoms with van der Waals surface area (Å²) in [6.45, 7) is 6.57. The number of morpholine rings is 1. The molecule has 0 spiro atoms. The van der Waals surface area contributed by atoms with Gasteiger partial charge >= 0.3 is 0 Å². The van der Waals surface area contributed by atoms with Gasteiger partial charge in [0.2, 0.25) is 0 Å². The Morgan fingerprint density at radius 3 is 2.73 bits per heavy atom. The molecule has 1 aliphatic heterocycles. The molecule has 1 rings (SSSR count). The van der Waals surface area contributed by atoms with Crippen molar-refractivity contribution in [2.75, 3.05) is 26.3 Å². The van der Waals surface area contributed by atoms with Crippen LogP contribution in [0.2, 0.25) is 0 Å². The Labute approximate surface area is 66.3 Å². The highest BCUT2D eigenvalue weighted by Gasteiger charge is 2.10. The van der Waals surface area contributed by atoms with Crippen molar-refractivity contribution in [2.24, 2.45) is 10.7 Å². The third kappa shape index (κ3) is 2.23. The van der Waals surface area contributed by atoms with E-state index in [0.29, 0.717) is 5.96 Å². The minimum atomic E-state index is 0.531. The van der Waals surface area contributed by atoms with Crippen LogP contribution in [0.5, 0.6) is 0 Å². The van der Waals surface area contributed by atoms with Crippen LogP contribution in [0.25, 0.3) is 0 Å². The zero-order valence-electron chi connectivity index (χ0n) is 6.49. The van der Waals surface area contributed by atoms with Crippen molar-refractivity contribution in [3.63, 3.8) is 0 Å². The first-order valence-corrected chi connectivity index (χ1v) is 3.61. The second kappa shape index (κ2) is 3.98. The second-order valence-corrected chi connectivity index (χ2v) is 2.27. The maximum atomic E-state index is 5.61. The van der Waals surface area contributed by atoms with Gasteiger partial charge in [-0.15, -0.1) is 0 Å². The van der Waals surface area contributed by atoms with Gasteiger partial charge in [0, 0.05) is 19.3 Å². The van der Waals surface area contributed by atoms with Gasteiger partial charge in [-0.3, -0.25) is 0 Å². The third-order valence-corrected chi connectivity index (χ3v) is 1.56. The van der Waals surface area contributed by atoms with Crippen LogP contribution in [0, 0.1) is 0 Å². The van der Waals surface area contributed by atoms with Crippen LogP contribution in [0.4, 0.5) is 0 Å². The number of rotatable bonds is 1. The van der Waals surface area contributed by atoms with Gasteiger partial charge in [-0.2, -0.15) is 0 Å². The fourth-order valence-electron chi connectivity index (χ4n) is 0.968. The van der Waals surface area contributed by atoms with Gasteiger partial charge in [-0.05, 0) is 0 Å². The van der Waals surface area contributed by atoms with Crippen LogP contribution >= 0.6 is 0 Å². The van der Waals surface area contributed by atoms with Gasteiger partial charge in [0.1, 0.15) is 0 Å². The molecule has 62 valence electrons. The summed E-state index contributed by atoms with van der Waals surface area (Å²) in [5.74, 6) is 0.531. The van der Waals surface area contributed by atoms with E-state index in [0.717, 1.165) is 26.3 Å². The lowest BCUT2D eigenvalue weighted by atomic mass is 10.4. The molecule has 0 amide bonds. The Morgan fingerprint density at radius 1 is 1.55 bits per heavy atom. The van der Waals surface area contributed by atoms with Crippen molar-refractivity contribution >= 4 is 5.96 Å². The lowest BCUT2D eigenvalue weighted by Crippen LogP contribution is -2.44. The molecule has 4 nitrogen and oxygen atoms in total. The fraction of sp³-hybridized carbons (Fsp3) is 0.571. The molecule has 0 unspecified atom stereocenters. The zero-order valence-corrected chi connectivity index (χ0v) is 6.49. The number of aliphatic imine (C=N–C) groups is 1. The van der Waals surface area contributed by atoms with Crippen LogP contribution in [-0.2, 0) is 4.74 Å². The number of guanidine groups is 1. The normalized spacial score (nSPS) is 20.0. The largest absolute Gasteiger partial charge is 0.378 e. The quantitative estimate of drug-likeness (QED) is 0.420. The number of ether oxygens (including phenoxy) is 1. The first kappa shape index (κ1) is 8.07. The highest BCUT2D eigenvalue weighted by molar-refractivity contribution is 5.78. The highest BCUT2D eigenvalue weighted by atomic mass is 16.5. The first-order chi connectivity index (χ1) is 5.34. The van der Waals surface area contributed by atoms with Gasteiger partial charge < -0.3 is 15.4 Å². The maximum Gasteiger partial charge on any atom is 0.196 e.